The number of hydrogen-bond donors (Lipinski definition) is 0. The minimum atomic E-state index is -0.249. The van der Waals surface area contributed by atoms with Gasteiger partial charge in [0.1, 0.15) is 10.5 Å². The van der Waals surface area contributed by atoms with Crippen molar-refractivity contribution in [1.29, 1.82) is 0 Å². The molecular weight excluding hydrogens is 204 g/mol. The summed E-state index contributed by atoms with van der Waals surface area (Å²) < 4.78 is 5.47. The van der Waals surface area contributed by atoms with E-state index in [1.54, 1.807) is 0 Å². The second-order valence-electron chi connectivity index (χ2n) is 4.84. The minimum Gasteiger partial charge on any atom is -0.468 e. The average Bonchev–Trinajstić information content (AvgIpc) is 2.11. The van der Waals surface area contributed by atoms with Crippen molar-refractivity contribution in [1.82, 2.24) is 0 Å². The molecule has 0 atom stereocenters. The van der Waals surface area contributed by atoms with Crippen LogP contribution in [0.15, 0.2) is 12.7 Å². The normalized spacial score (nSPS) is 12.7. The Morgan fingerprint density at radius 2 is 1.93 bits per heavy atom. The Bertz CT molecular complexity index is 146. The number of rotatable bonds is 9. The molecule has 0 aliphatic rings. The Morgan fingerprint density at radius 1 is 1.29 bits per heavy atom. The first-order chi connectivity index (χ1) is 6.62. The lowest BCUT2D eigenvalue weighted by atomic mass is 10.0. The van der Waals surface area contributed by atoms with Crippen molar-refractivity contribution < 1.29 is 4.12 Å². The smallest absolute Gasteiger partial charge is 0.151 e. The molecule has 0 spiro atoms. The minimum absolute atomic E-state index is 0.249. The molecule has 0 bridgehead atoms. The second-order valence-corrected chi connectivity index (χ2v) is 9.35. The van der Waals surface area contributed by atoms with Gasteiger partial charge in [0, 0.05) is 0 Å². The van der Waals surface area contributed by atoms with E-state index < -0.39 is 0 Å². The highest BCUT2D eigenvalue weighted by atomic mass is 28.3. The van der Waals surface area contributed by atoms with Gasteiger partial charge in [0.05, 0.1) is 0 Å². The van der Waals surface area contributed by atoms with Gasteiger partial charge >= 0.3 is 0 Å². The van der Waals surface area contributed by atoms with Crippen LogP contribution in [0.25, 0.3) is 0 Å². The Morgan fingerprint density at radius 3 is 2.50 bits per heavy atom. The van der Waals surface area contributed by atoms with E-state index >= 15 is 0 Å². The highest BCUT2D eigenvalue weighted by molar-refractivity contribution is 6.37. The first kappa shape index (κ1) is 14.1. The van der Waals surface area contributed by atoms with Crippen LogP contribution in [0.3, 0.4) is 0 Å². The number of hydrogen-bond acceptors (Lipinski definition) is 1. The molecular formula is C11H26OSi2. The molecule has 0 heterocycles. The van der Waals surface area contributed by atoms with Gasteiger partial charge in [0.2, 0.25) is 0 Å². The zero-order valence-corrected chi connectivity index (χ0v) is 13.6. The Labute approximate surface area is 94.8 Å². The number of unbranched alkanes of at least 4 members (excludes halogenated alkanes) is 4. The van der Waals surface area contributed by atoms with Crippen molar-refractivity contribution >= 4 is 20.2 Å². The predicted octanol–water partition coefficient (Wildman–Crippen LogP) is 2.09. The van der Waals surface area contributed by atoms with Crippen molar-refractivity contribution in [2.24, 2.45) is 0 Å². The van der Waals surface area contributed by atoms with Crippen molar-refractivity contribution in [2.45, 2.75) is 57.4 Å². The van der Waals surface area contributed by atoms with Crippen molar-refractivity contribution in [3.8, 4) is 0 Å². The van der Waals surface area contributed by atoms with Crippen molar-refractivity contribution in [3.05, 3.63) is 12.7 Å². The molecule has 0 radical (unpaired) electrons. The maximum absolute atomic E-state index is 5.47. The molecule has 0 unspecified atom stereocenters. The lowest BCUT2D eigenvalue weighted by Gasteiger charge is -2.22. The van der Waals surface area contributed by atoms with Crippen LogP contribution in [0.2, 0.25) is 5.04 Å². The molecule has 0 aromatic carbocycles. The fourth-order valence-corrected chi connectivity index (χ4v) is 5.23. The molecule has 14 heavy (non-hydrogen) atoms. The van der Waals surface area contributed by atoms with E-state index in [0.717, 1.165) is 10.5 Å². The second kappa shape index (κ2) is 8.44. The van der Waals surface area contributed by atoms with Crippen LogP contribution < -0.4 is 0 Å². The van der Waals surface area contributed by atoms with Crippen LogP contribution in [-0.4, -0.2) is 20.2 Å². The predicted molar refractivity (Wildman–Crippen MR) is 71.5 cm³/mol. The van der Waals surface area contributed by atoms with Crippen molar-refractivity contribution in [2.75, 3.05) is 0 Å². The molecule has 0 aromatic heterocycles. The van der Waals surface area contributed by atoms with Crippen LogP contribution >= 0.6 is 0 Å². The zero-order valence-electron chi connectivity index (χ0n) is 10.1. The first-order valence-corrected chi connectivity index (χ1v) is 7.82. The van der Waals surface area contributed by atoms with Crippen LogP contribution in [-0.2, 0) is 4.12 Å². The summed E-state index contributed by atoms with van der Waals surface area (Å²) in [5.41, 5.74) is 0. The zero-order chi connectivity index (χ0) is 10.9. The SMILES string of the molecule is C=CCCCCCCC(C)(C)[SiH2]O[SiH3]. The van der Waals surface area contributed by atoms with Crippen LogP contribution in [0.4, 0.5) is 0 Å². The summed E-state index contributed by atoms with van der Waals surface area (Å²) in [7, 11) is 0.683. The summed E-state index contributed by atoms with van der Waals surface area (Å²) in [4.78, 5) is 0. The van der Waals surface area contributed by atoms with Gasteiger partial charge in [-0.1, -0.05) is 39.2 Å². The molecule has 84 valence electrons. The van der Waals surface area contributed by atoms with E-state index in [9.17, 15) is 0 Å². The Hall–Kier alpha value is 0.134. The summed E-state index contributed by atoms with van der Waals surface area (Å²) in [6, 6.07) is 0. The third-order valence-electron chi connectivity index (χ3n) is 2.55. The van der Waals surface area contributed by atoms with E-state index in [0.29, 0.717) is 5.04 Å². The molecule has 0 aliphatic heterocycles. The van der Waals surface area contributed by atoms with E-state index in [4.69, 9.17) is 4.12 Å². The van der Waals surface area contributed by atoms with E-state index in [-0.39, 0.29) is 9.76 Å². The van der Waals surface area contributed by atoms with Gasteiger partial charge in [-0.25, -0.2) is 0 Å². The highest BCUT2D eigenvalue weighted by Gasteiger charge is 2.17. The van der Waals surface area contributed by atoms with Crippen LogP contribution in [0.1, 0.15) is 52.4 Å². The van der Waals surface area contributed by atoms with Gasteiger partial charge in [0.25, 0.3) is 0 Å². The summed E-state index contributed by atoms with van der Waals surface area (Å²) in [6.45, 7) is 8.46. The van der Waals surface area contributed by atoms with Gasteiger partial charge in [0.15, 0.2) is 9.76 Å². The van der Waals surface area contributed by atoms with Crippen LogP contribution in [0, 0.1) is 0 Å². The van der Waals surface area contributed by atoms with Gasteiger partial charge in [-0.2, -0.15) is 0 Å². The third kappa shape index (κ3) is 8.72. The summed E-state index contributed by atoms with van der Waals surface area (Å²) in [6.07, 6.45) is 10.0. The summed E-state index contributed by atoms with van der Waals surface area (Å²) >= 11 is 0. The molecule has 3 heteroatoms. The van der Waals surface area contributed by atoms with Crippen molar-refractivity contribution in [3.63, 3.8) is 0 Å². The quantitative estimate of drug-likeness (QED) is 0.335. The molecule has 0 amide bonds. The van der Waals surface area contributed by atoms with Crippen LogP contribution in [0.5, 0.6) is 0 Å². The number of allylic oxidation sites excluding steroid dienone is 1. The fraction of sp³-hybridized carbons (Fsp3) is 0.818. The summed E-state index contributed by atoms with van der Waals surface area (Å²) in [5, 5.41) is 0.528. The maximum Gasteiger partial charge on any atom is 0.151 e. The average molecular weight is 230 g/mol. The van der Waals surface area contributed by atoms with E-state index in [1.165, 1.54) is 38.5 Å². The molecule has 0 aliphatic carbocycles. The standard InChI is InChI=1S/C11H26OSi2/c1-4-5-6-7-8-9-10-11(2,3)14-12-13/h4H,1,5-10,14H2,2-3,13H3. The Balaban J connectivity index is 3.29. The highest BCUT2D eigenvalue weighted by Crippen LogP contribution is 2.30. The molecule has 1 nitrogen and oxygen atoms in total. The largest absolute Gasteiger partial charge is 0.468 e. The monoisotopic (exact) mass is 230 g/mol. The van der Waals surface area contributed by atoms with Gasteiger partial charge in [-0.3, -0.25) is 0 Å². The van der Waals surface area contributed by atoms with E-state index in [2.05, 4.69) is 20.4 Å². The lowest BCUT2D eigenvalue weighted by molar-refractivity contribution is 0.493. The van der Waals surface area contributed by atoms with Gasteiger partial charge < -0.3 is 4.12 Å². The topological polar surface area (TPSA) is 9.23 Å². The van der Waals surface area contributed by atoms with E-state index in [1.807, 2.05) is 6.08 Å². The molecule has 0 fully saturated rings. The molecule has 0 rings (SSSR count). The molecule has 0 N–H and O–H groups in total. The molecule has 0 saturated heterocycles. The third-order valence-corrected chi connectivity index (χ3v) is 4.84. The Kier molecular flexibility index (Phi) is 8.52. The van der Waals surface area contributed by atoms with Gasteiger partial charge in [-0.05, 0) is 24.3 Å². The maximum atomic E-state index is 5.47. The fourth-order valence-electron chi connectivity index (χ4n) is 1.71. The molecule has 0 saturated carbocycles. The summed E-state index contributed by atoms with van der Waals surface area (Å²) in [5.74, 6) is 0. The first-order valence-electron chi connectivity index (χ1n) is 5.72. The lowest BCUT2D eigenvalue weighted by Crippen LogP contribution is -2.15. The van der Waals surface area contributed by atoms with Gasteiger partial charge in [-0.15, -0.1) is 6.58 Å². The molecule has 0 aromatic rings.